The molecule has 0 aromatic carbocycles. The molecular formula is C10H18NO6P2+. The zero-order valence-corrected chi connectivity index (χ0v) is 12.2. The number of pyridine rings is 1. The molecule has 0 amide bonds. The summed E-state index contributed by atoms with van der Waals surface area (Å²) in [5.74, 6) is 0. The van der Waals surface area contributed by atoms with Crippen LogP contribution in [0.3, 0.4) is 0 Å². The van der Waals surface area contributed by atoms with Gasteiger partial charge in [0.1, 0.15) is 6.54 Å². The summed E-state index contributed by atoms with van der Waals surface area (Å²) in [6, 6.07) is 5.02. The van der Waals surface area contributed by atoms with E-state index in [0.717, 1.165) is 6.42 Å². The summed E-state index contributed by atoms with van der Waals surface area (Å²) in [5.41, 5.74) is 0.487. The van der Waals surface area contributed by atoms with Crippen LogP contribution in [0.4, 0.5) is 0 Å². The minimum atomic E-state index is -4.88. The Bertz CT molecular complexity index is 501. The molecule has 0 saturated heterocycles. The van der Waals surface area contributed by atoms with Gasteiger partial charge in [-0.05, 0) is 0 Å². The topological polar surface area (TPSA) is 119 Å². The van der Waals surface area contributed by atoms with Crippen LogP contribution < -0.4 is 4.57 Å². The molecule has 0 saturated carbocycles. The third kappa shape index (κ3) is 4.80. The van der Waals surface area contributed by atoms with Gasteiger partial charge in [-0.2, -0.15) is 0 Å². The van der Waals surface area contributed by atoms with E-state index < -0.39 is 20.6 Å². The zero-order chi connectivity index (χ0) is 14.7. The molecule has 0 radical (unpaired) electrons. The van der Waals surface area contributed by atoms with E-state index in [-0.39, 0.29) is 6.42 Å². The summed E-state index contributed by atoms with van der Waals surface area (Å²) in [7, 11) is -9.76. The van der Waals surface area contributed by atoms with Crippen molar-refractivity contribution in [1.29, 1.82) is 0 Å². The lowest BCUT2D eigenvalue weighted by Crippen LogP contribution is -2.39. The van der Waals surface area contributed by atoms with E-state index in [4.69, 9.17) is 19.6 Å². The molecular weight excluding hydrogens is 292 g/mol. The third-order valence-electron chi connectivity index (χ3n) is 2.67. The zero-order valence-electron chi connectivity index (χ0n) is 10.5. The minimum Gasteiger partial charge on any atom is -0.324 e. The van der Waals surface area contributed by atoms with Crippen molar-refractivity contribution in [2.24, 2.45) is 0 Å². The Morgan fingerprint density at radius 1 is 1.16 bits per heavy atom. The number of aryl methyl sites for hydroxylation is 1. The second-order valence-corrected chi connectivity index (χ2v) is 8.26. The van der Waals surface area contributed by atoms with Gasteiger partial charge in [0.15, 0.2) is 17.3 Å². The Morgan fingerprint density at radius 3 is 2.21 bits per heavy atom. The number of aromatic nitrogens is 1. The Balaban J connectivity index is 3.11. The van der Waals surface area contributed by atoms with E-state index in [2.05, 4.69) is 0 Å². The molecule has 0 unspecified atom stereocenters. The summed E-state index contributed by atoms with van der Waals surface area (Å²) in [4.78, 5) is 36.4. The summed E-state index contributed by atoms with van der Waals surface area (Å²) in [6.07, 6.45) is 2.16. The van der Waals surface area contributed by atoms with Crippen LogP contribution in [0.1, 0.15) is 19.0 Å². The third-order valence-corrected chi connectivity index (χ3v) is 6.39. The summed E-state index contributed by atoms with van der Waals surface area (Å²) in [5, 5.41) is -1.99. The van der Waals surface area contributed by atoms with E-state index >= 15 is 0 Å². The summed E-state index contributed by atoms with van der Waals surface area (Å²) >= 11 is 0. The maximum Gasteiger partial charge on any atom is 0.341 e. The first-order chi connectivity index (χ1) is 8.66. The molecule has 4 N–H and O–H groups in total. The lowest BCUT2D eigenvalue weighted by Gasteiger charge is -2.18. The van der Waals surface area contributed by atoms with Crippen molar-refractivity contribution < 1.29 is 33.3 Å². The van der Waals surface area contributed by atoms with E-state index in [9.17, 15) is 9.13 Å². The van der Waals surface area contributed by atoms with Gasteiger partial charge >= 0.3 is 15.2 Å². The van der Waals surface area contributed by atoms with Gasteiger partial charge in [0.25, 0.3) is 0 Å². The smallest absolute Gasteiger partial charge is 0.324 e. The molecule has 0 aliphatic carbocycles. The normalized spacial score (nSPS) is 12.9. The molecule has 0 spiro atoms. The van der Waals surface area contributed by atoms with E-state index in [1.165, 1.54) is 0 Å². The molecule has 1 aromatic rings. The highest BCUT2D eigenvalue weighted by Crippen LogP contribution is 2.60. The molecule has 1 aromatic heterocycles. The van der Waals surface area contributed by atoms with Gasteiger partial charge in [0.2, 0.25) is 0 Å². The van der Waals surface area contributed by atoms with E-state index in [0.29, 0.717) is 12.2 Å². The fourth-order valence-corrected chi connectivity index (χ4v) is 4.19. The highest BCUT2D eigenvalue weighted by molar-refractivity contribution is 7.70. The van der Waals surface area contributed by atoms with Gasteiger partial charge in [0.05, 0.1) is 6.42 Å². The van der Waals surface area contributed by atoms with Gasteiger partial charge in [-0.3, -0.25) is 9.13 Å². The predicted molar refractivity (Wildman–Crippen MR) is 68.5 cm³/mol. The first kappa shape index (κ1) is 16.5. The molecule has 0 aliphatic heterocycles. The molecule has 19 heavy (non-hydrogen) atoms. The summed E-state index contributed by atoms with van der Waals surface area (Å²) < 4.78 is 24.2. The van der Waals surface area contributed by atoms with Crippen molar-refractivity contribution in [2.75, 3.05) is 0 Å². The van der Waals surface area contributed by atoms with Gasteiger partial charge < -0.3 is 19.6 Å². The molecule has 0 aliphatic rings. The molecule has 0 fully saturated rings. The van der Waals surface area contributed by atoms with Crippen LogP contribution >= 0.6 is 15.2 Å². The Labute approximate surface area is 111 Å². The predicted octanol–water partition coefficient (Wildman–Crippen LogP) is 0.608. The van der Waals surface area contributed by atoms with Crippen LogP contribution in [0.15, 0.2) is 24.4 Å². The molecule has 1 heterocycles. The Hall–Kier alpha value is -0.550. The van der Waals surface area contributed by atoms with Crippen molar-refractivity contribution >= 4 is 15.2 Å². The maximum absolute atomic E-state index is 11.2. The van der Waals surface area contributed by atoms with Crippen LogP contribution in [-0.4, -0.2) is 25.0 Å². The fraction of sp³-hybridized carbons (Fsp3) is 0.500. The average Bonchev–Trinajstić information content (AvgIpc) is 2.25. The summed E-state index contributed by atoms with van der Waals surface area (Å²) in [6.45, 7) is 2.55. The van der Waals surface area contributed by atoms with E-state index in [1.807, 2.05) is 6.92 Å². The van der Waals surface area contributed by atoms with Crippen molar-refractivity contribution in [1.82, 2.24) is 0 Å². The molecule has 1 rings (SSSR count). The molecule has 7 nitrogen and oxygen atoms in total. The first-order valence-corrected chi connectivity index (χ1v) is 9.10. The Kier molecular flexibility index (Phi) is 5.44. The number of hydrogen-bond acceptors (Lipinski definition) is 2. The van der Waals surface area contributed by atoms with Crippen LogP contribution in [0.2, 0.25) is 0 Å². The SMILES string of the molecule is CCC[n+]1ccccc1CC(P(=O)(O)O)P(=O)(O)O. The lowest BCUT2D eigenvalue weighted by molar-refractivity contribution is -0.704. The minimum absolute atomic E-state index is 0.366. The largest absolute Gasteiger partial charge is 0.341 e. The van der Waals surface area contributed by atoms with Crippen molar-refractivity contribution in [3.8, 4) is 0 Å². The van der Waals surface area contributed by atoms with Crippen LogP contribution in [0, 0.1) is 0 Å². The quantitative estimate of drug-likeness (QED) is 0.451. The highest BCUT2D eigenvalue weighted by atomic mass is 31.2. The van der Waals surface area contributed by atoms with Gasteiger partial charge in [-0.25, -0.2) is 4.57 Å². The van der Waals surface area contributed by atoms with Crippen molar-refractivity contribution in [3.05, 3.63) is 30.1 Å². The first-order valence-electron chi connectivity index (χ1n) is 5.74. The van der Waals surface area contributed by atoms with Gasteiger partial charge in [-0.1, -0.05) is 13.0 Å². The Morgan fingerprint density at radius 2 is 1.74 bits per heavy atom. The number of rotatable bonds is 6. The second kappa shape index (κ2) is 6.27. The molecule has 108 valence electrons. The van der Waals surface area contributed by atoms with Crippen LogP contribution in [0.25, 0.3) is 0 Å². The maximum atomic E-state index is 11.2. The standard InChI is InChI=1S/C10H17NO6P2/c1-2-6-11-7-4-3-5-9(11)8-10(18(12,13)14)19(15,16)17/h3-5,7,10H,2,6,8H2,1H3,(H3-,12,13,14,15,16,17)/p+1. The molecule has 0 atom stereocenters. The monoisotopic (exact) mass is 310 g/mol. The van der Waals surface area contributed by atoms with Gasteiger partial charge in [0, 0.05) is 18.6 Å². The van der Waals surface area contributed by atoms with Crippen molar-refractivity contribution in [2.45, 2.75) is 31.7 Å². The average molecular weight is 310 g/mol. The second-order valence-electron chi connectivity index (χ2n) is 4.25. The fourth-order valence-electron chi connectivity index (χ4n) is 1.78. The lowest BCUT2D eigenvalue weighted by atomic mass is 10.2. The van der Waals surface area contributed by atoms with Gasteiger partial charge in [-0.15, -0.1) is 0 Å². The number of nitrogens with zero attached hydrogens (tertiary/aromatic N) is 1. The highest BCUT2D eigenvalue weighted by Gasteiger charge is 2.44. The van der Waals surface area contributed by atoms with E-state index in [1.54, 1.807) is 29.0 Å². The molecule has 0 bridgehead atoms. The van der Waals surface area contributed by atoms with Crippen molar-refractivity contribution in [3.63, 3.8) is 0 Å². The number of hydrogen-bond donors (Lipinski definition) is 4. The molecule has 9 heteroatoms. The van der Waals surface area contributed by atoms with Crippen LogP contribution in [0.5, 0.6) is 0 Å². The van der Waals surface area contributed by atoms with Crippen LogP contribution in [-0.2, 0) is 22.1 Å².